The van der Waals surface area contributed by atoms with Crippen molar-refractivity contribution in [3.63, 3.8) is 0 Å². The van der Waals surface area contributed by atoms with Crippen LogP contribution in [0.4, 0.5) is 5.69 Å². The first-order valence-corrected chi connectivity index (χ1v) is 9.08. The largest absolute Gasteiger partial charge is 0.399 e. The highest BCUT2D eigenvalue weighted by Crippen LogP contribution is 2.19. The van der Waals surface area contributed by atoms with E-state index < -0.39 is 25.9 Å². The van der Waals surface area contributed by atoms with Gasteiger partial charge in [-0.15, -0.1) is 0 Å². The second kappa shape index (κ2) is 4.77. The van der Waals surface area contributed by atoms with Crippen molar-refractivity contribution in [1.29, 1.82) is 0 Å². The average Bonchev–Trinajstić information content (AvgIpc) is 2.55. The average molecular weight is 304 g/mol. The number of aryl methyl sites for hydroxylation is 1. The molecule has 3 N–H and O–H groups in total. The molecule has 0 aromatic heterocycles. The van der Waals surface area contributed by atoms with Crippen LogP contribution in [0.25, 0.3) is 0 Å². The van der Waals surface area contributed by atoms with Gasteiger partial charge in [0.25, 0.3) is 0 Å². The zero-order valence-corrected chi connectivity index (χ0v) is 12.1. The summed E-state index contributed by atoms with van der Waals surface area (Å²) in [6.07, 6.45) is 0.308. The highest BCUT2D eigenvalue weighted by atomic mass is 32.2. The number of sulfone groups is 1. The molecule has 0 bridgehead atoms. The van der Waals surface area contributed by atoms with Crippen LogP contribution in [-0.4, -0.2) is 34.4 Å². The van der Waals surface area contributed by atoms with Crippen molar-refractivity contribution in [3.8, 4) is 0 Å². The van der Waals surface area contributed by atoms with E-state index in [-0.39, 0.29) is 16.4 Å². The minimum Gasteiger partial charge on any atom is -0.399 e. The standard InChI is InChI=1S/C11H16N2O4S2/c1-8-4-9(12)6-11(5-8)19(16,17)13-10-2-3-18(14,15)7-10/h4-6,10,13H,2-3,7,12H2,1H3. The van der Waals surface area contributed by atoms with Crippen molar-refractivity contribution in [2.24, 2.45) is 0 Å². The molecule has 1 fully saturated rings. The third-order valence-electron chi connectivity index (χ3n) is 2.94. The molecule has 0 radical (unpaired) electrons. The Morgan fingerprint density at radius 2 is 2.00 bits per heavy atom. The number of sulfonamides is 1. The summed E-state index contributed by atoms with van der Waals surface area (Å²) in [5.74, 6) is -0.121. The second-order valence-electron chi connectivity index (χ2n) is 4.80. The summed E-state index contributed by atoms with van der Waals surface area (Å²) in [6.45, 7) is 1.75. The van der Waals surface area contributed by atoms with Crippen molar-refractivity contribution in [2.45, 2.75) is 24.3 Å². The van der Waals surface area contributed by atoms with Crippen molar-refractivity contribution < 1.29 is 16.8 Å². The Morgan fingerprint density at radius 3 is 2.53 bits per heavy atom. The Kier molecular flexibility index (Phi) is 3.59. The van der Waals surface area contributed by atoms with Crippen LogP contribution in [-0.2, 0) is 19.9 Å². The number of hydrogen-bond acceptors (Lipinski definition) is 5. The molecule has 1 aromatic carbocycles. The van der Waals surface area contributed by atoms with Crippen molar-refractivity contribution in [3.05, 3.63) is 23.8 Å². The molecule has 0 aliphatic carbocycles. The Morgan fingerprint density at radius 1 is 1.32 bits per heavy atom. The van der Waals surface area contributed by atoms with Gasteiger partial charge in [-0.1, -0.05) is 0 Å². The smallest absolute Gasteiger partial charge is 0.240 e. The minimum absolute atomic E-state index is 0.0240. The molecular formula is C11H16N2O4S2. The Labute approximate surface area is 113 Å². The van der Waals surface area contributed by atoms with E-state index in [4.69, 9.17) is 5.73 Å². The summed E-state index contributed by atoms with van der Waals surface area (Å²) in [4.78, 5) is 0.0642. The van der Waals surface area contributed by atoms with E-state index in [1.54, 1.807) is 13.0 Å². The molecule has 1 heterocycles. The fourth-order valence-electron chi connectivity index (χ4n) is 2.11. The van der Waals surface area contributed by atoms with Crippen LogP contribution < -0.4 is 10.5 Å². The molecule has 6 nitrogen and oxygen atoms in total. The van der Waals surface area contributed by atoms with Crippen LogP contribution in [0.1, 0.15) is 12.0 Å². The fraction of sp³-hybridized carbons (Fsp3) is 0.455. The number of anilines is 1. The van der Waals surface area contributed by atoms with Crippen LogP contribution >= 0.6 is 0 Å². The van der Waals surface area contributed by atoms with E-state index in [0.717, 1.165) is 5.56 Å². The number of nitrogen functional groups attached to an aromatic ring is 1. The molecule has 1 unspecified atom stereocenters. The second-order valence-corrected chi connectivity index (χ2v) is 8.74. The van der Waals surface area contributed by atoms with Crippen LogP contribution in [0.5, 0.6) is 0 Å². The number of rotatable bonds is 3. The van der Waals surface area contributed by atoms with Crippen LogP contribution in [0, 0.1) is 6.92 Å². The van der Waals surface area contributed by atoms with Gasteiger partial charge in [0.05, 0.1) is 16.4 Å². The van der Waals surface area contributed by atoms with Crippen LogP contribution in [0.15, 0.2) is 23.1 Å². The Balaban J connectivity index is 2.24. The molecule has 1 aliphatic heterocycles. The maximum atomic E-state index is 12.1. The molecular weight excluding hydrogens is 288 g/mol. The first kappa shape index (κ1) is 14.3. The monoisotopic (exact) mass is 304 g/mol. The summed E-state index contributed by atoms with van der Waals surface area (Å²) in [6, 6.07) is 3.97. The van der Waals surface area contributed by atoms with E-state index in [2.05, 4.69) is 4.72 Å². The predicted octanol–water partition coefficient (Wildman–Crippen LogP) is 0.0426. The summed E-state index contributed by atoms with van der Waals surface area (Å²) >= 11 is 0. The Hall–Kier alpha value is -1.12. The predicted molar refractivity (Wildman–Crippen MR) is 73.0 cm³/mol. The van der Waals surface area contributed by atoms with Gasteiger partial charge in [-0.05, 0) is 37.1 Å². The molecule has 1 atom stereocenters. The van der Waals surface area contributed by atoms with Gasteiger partial charge in [0, 0.05) is 11.7 Å². The zero-order valence-electron chi connectivity index (χ0n) is 10.5. The third kappa shape index (κ3) is 3.46. The van der Waals surface area contributed by atoms with Gasteiger partial charge in [-0.25, -0.2) is 21.6 Å². The van der Waals surface area contributed by atoms with E-state index in [1.807, 2.05) is 0 Å². The molecule has 0 spiro atoms. The van der Waals surface area contributed by atoms with E-state index in [1.165, 1.54) is 12.1 Å². The highest BCUT2D eigenvalue weighted by Gasteiger charge is 2.31. The maximum absolute atomic E-state index is 12.1. The quantitative estimate of drug-likeness (QED) is 0.767. The maximum Gasteiger partial charge on any atom is 0.240 e. The molecule has 2 rings (SSSR count). The van der Waals surface area contributed by atoms with Crippen molar-refractivity contribution >= 4 is 25.5 Å². The molecule has 1 saturated heterocycles. The van der Waals surface area contributed by atoms with E-state index in [0.29, 0.717) is 12.1 Å². The molecule has 8 heteroatoms. The number of benzene rings is 1. The van der Waals surface area contributed by atoms with Crippen LogP contribution in [0.3, 0.4) is 0 Å². The van der Waals surface area contributed by atoms with Gasteiger partial charge in [0.1, 0.15) is 0 Å². The van der Waals surface area contributed by atoms with Gasteiger partial charge in [-0.2, -0.15) is 0 Å². The zero-order chi connectivity index (χ0) is 14.3. The van der Waals surface area contributed by atoms with Gasteiger partial charge >= 0.3 is 0 Å². The highest BCUT2D eigenvalue weighted by molar-refractivity contribution is 7.92. The van der Waals surface area contributed by atoms with Crippen molar-refractivity contribution in [2.75, 3.05) is 17.2 Å². The summed E-state index contributed by atoms with van der Waals surface area (Å²) in [5.41, 5.74) is 6.72. The normalized spacial score (nSPS) is 22.5. The summed E-state index contributed by atoms with van der Waals surface area (Å²) in [5, 5.41) is 0. The molecule has 1 aromatic rings. The van der Waals surface area contributed by atoms with Crippen LogP contribution in [0.2, 0.25) is 0 Å². The molecule has 19 heavy (non-hydrogen) atoms. The number of nitrogens with two attached hydrogens (primary N) is 1. The molecule has 106 valence electrons. The van der Waals surface area contributed by atoms with Gasteiger partial charge in [0.2, 0.25) is 10.0 Å². The summed E-state index contributed by atoms with van der Waals surface area (Å²) in [7, 11) is -6.85. The van der Waals surface area contributed by atoms with Gasteiger partial charge in [0.15, 0.2) is 9.84 Å². The lowest BCUT2D eigenvalue weighted by atomic mass is 10.2. The van der Waals surface area contributed by atoms with Gasteiger partial charge < -0.3 is 5.73 Å². The lowest BCUT2D eigenvalue weighted by Gasteiger charge is -2.12. The molecule has 1 aliphatic rings. The first-order valence-electron chi connectivity index (χ1n) is 5.78. The van der Waals surface area contributed by atoms with E-state index >= 15 is 0 Å². The topological polar surface area (TPSA) is 106 Å². The third-order valence-corrected chi connectivity index (χ3v) is 6.21. The lowest BCUT2D eigenvalue weighted by Crippen LogP contribution is -2.35. The lowest BCUT2D eigenvalue weighted by molar-refractivity contribution is 0.562. The first-order chi connectivity index (χ1) is 8.68. The van der Waals surface area contributed by atoms with E-state index in [9.17, 15) is 16.8 Å². The molecule has 0 saturated carbocycles. The fourth-order valence-corrected chi connectivity index (χ4v) is 5.29. The van der Waals surface area contributed by atoms with Crippen molar-refractivity contribution in [1.82, 2.24) is 4.72 Å². The SMILES string of the molecule is Cc1cc(N)cc(S(=O)(=O)NC2CCS(=O)(=O)C2)c1. The number of hydrogen-bond donors (Lipinski definition) is 2. The number of nitrogens with one attached hydrogen (secondary N) is 1. The molecule has 0 amide bonds. The Bertz CT molecular complexity index is 675. The summed E-state index contributed by atoms with van der Waals surface area (Å²) < 4.78 is 49.3. The van der Waals surface area contributed by atoms with Gasteiger partial charge in [-0.3, -0.25) is 0 Å². The minimum atomic E-state index is -3.73.